The molecule has 1 heterocycles. The summed E-state index contributed by atoms with van der Waals surface area (Å²) in [6.45, 7) is 7.05. The minimum Gasteiger partial charge on any atom is -0.445 e. The first kappa shape index (κ1) is 33.6. The minimum atomic E-state index is -3.57. The van der Waals surface area contributed by atoms with Crippen LogP contribution in [0.3, 0.4) is 0 Å². The Kier molecular flexibility index (Phi) is 13.2. The van der Waals surface area contributed by atoms with Gasteiger partial charge in [0.1, 0.15) is 12.4 Å². The molecule has 1 atom stereocenters. The maximum Gasteiger partial charge on any atom is 0.410 e. The van der Waals surface area contributed by atoms with E-state index < -0.39 is 16.1 Å². The molecule has 2 N–H and O–H groups in total. The fourth-order valence-electron chi connectivity index (χ4n) is 5.73. The molecule has 11 heteroatoms. The van der Waals surface area contributed by atoms with Crippen LogP contribution in [0.5, 0.6) is 0 Å². The Balaban J connectivity index is 1.47. The van der Waals surface area contributed by atoms with Gasteiger partial charge >= 0.3 is 6.09 Å². The van der Waals surface area contributed by atoms with E-state index in [1.807, 2.05) is 60.7 Å². The standard InChI is InChI=1S/C33H48N6O4S/c1-3-38(4-2)23-14-24-44(41,42)37-30(22-21-27-15-8-5-9-16-27)32-34-31(35-36-32)25-39(29-19-12-7-13-20-29)33(40)43-26-28-17-10-6-11-18-28/h5-6,8-11,15-18,29-30,37H,3-4,7,12-14,19-26H2,1-2H3,(H,34,35,36)/t30-/m1/s1. The number of carbonyl (C=O) groups excluding carboxylic acids is 1. The van der Waals surface area contributed by atoms with E-state index in [0.717, 1.165) is 62.9 Å². The van der Waals surface area contributed by atoms with E-state index >= 15 is 0 Å². The second-order valence-corrected chi connectivity index (χ2v) is 13.4. The fraction of sp³-hybridized carbons (Fsp3) is 0.545. The van der Waals surface area contributed by atoms with E-state index in [9.17, 15) is 13.2 Å². The van der Waals surface area contributed by atoms with Crippen LogP contribution in [-0.2, 0) is 34.3 Å². The van der Waals surface area contributed by atoms with Crippen LogP contribution in [0.25, 0.3) is 0 Å². The summed E-state index contributed by atoms with van der Waals surface area (Å²) in [7, 11) is -3.57. The van der Waals surface area contributed by atoms with Gasteiger partial charge in [0.15, 0.2) is 5.82 Å². The quantitative estimate of drug-likeness (QED) is 0.201. The number of aromatic nitrogens is 3. The molecule has 3 aromatic rings. The molecule has 1 saturated carbocycles. The number of nitrogens with one attached hydrogen (secondary N) is 2. The van der Waals surface area contributed by atoms with Crippen molar-refractivity contribution in [1.29, 1.82) is 0 Å². The molecule has 1 aliphatic carbocycles. The smallest absolute Gasteiger partial charge is 0.410 e. The lowest BCUT2D eigenvalue weighted by Crippen LogP contribution is -2.41. The Morgan fingerprint density at radius 2 is 1.66 bits per heavy atom. The third-order valence-corrected chi connectivity index (χ3v) is 9.78. The highest BCUT2D eigenvalue weighted by molar-refractivity contribution is 7.89. The van der Waals surface area contributed by atoms with Crippen molar-refractivity contribution in [3.63, 3.8) is 0 Å². The van der Waals surface area contributed by atoms with Gasteiger partial charge < -0.3 is 9.64 Å². The van der Waals surface area contributed by atoms with Crippen molar-refractivity contribution in [3.8, 4) is 0 Å². The van der Waals surface area contributed by atoms with Gasteiger partial charge in [-0.1, -0.05) is 93.8 Å². The fourth-order valence-corrected chi connectivity index (χ4v) is 7.02. The molecule has 0 unspecified atom stereocenters. The molecule has 44 heavy (non-hydrogen) atoms. The Labute approximate surface area is 262 Å². The molecule has 0 bridgehead atoms. The number of sulfonamides is 1. The summed E-state index contributed by atoms with van der Waals surface area (Å²) >= 11 is 0. The van der Waals surface area contributed by atoms with Crippen LogP contribution >= 0.6 is 0 Å². The van der Waals surface area contributed by atoms with E-state index in [4.69, 9.17) is 9.72 Å². The molecular weight excluding hydrogens is 576 g/mol. The summed E-state index contributed by atoms with van der Waals surface area (Å²) in [4.78, 5) is 22.0. The van der Waals surface area contributed by atoms with Crippen molar-refractivity contribution >= 4 is 16.1 Å². The molecule has 1 fully saturated rings. The number of carbonyl (C=O) groups is 1. The van der Waals surface area contributed by atoms with Crippen LogP contribution in [0, 0.1) is 0 Å². The lowest BCUT2D eigenvalue weighted by molar-refractivity contribution is 0.0672. The van der Waals surface area contributed by atoms with E-state index in [1.165, 1.54) is 0 Å². The second-order valence-electron chi connectivity index (χ2n) is 11.5. The Morgan fingerprint density at radius 1 is 1.00 bits per heavy atom. The number of hydrogen-bond donors (Lipinski definition) is 2. The first-order valence-corrected chi connectivity index (χ1v) is 17.7. The topological polar surface area (TPSA) is 121 Å². The third-order valence-electron chi connectivity index (χ3n) is 8.31. The van der Waals surface area contributed by atoms with Crippen LogP contribution in [-0.4, -0.2) is 70.9 Å². The van der Waals surface area contributed by atoms with Gasteiger partial charge in [-0.25, -0.2) is 22.9 Å². The normalized spacial score (nSPS) is 14.9. The molecule has 0 spiro atoms. The number of rotatable bonds is 17. The number of benzene rings is 2. The van der Waals surface area contributed by atoms with E-state index in [2.05, 4.69) is 33.7 Å². The first-order valence-electron chi connectivity index (χ1n) is 16.0. The van der Waals surface area contributed by atoms with Crippen molar-refractivity contribution in [2.45, 2.75) is 90.4 Å². The van der Waals surface area contributed by atoms with Crippen LogP contribution in [0.2, 0.25) is 0 Å². The Hall–Kier alpha value is -3.28. The van der Waals surface area contributed by atoms with Gasteiger partial charge in [0.05, 0.1) is 18.3 Å². The first-order chi connectivity index (χ1) is 21.4. The SMILES string of the molecule is CCN(CC)CCCS(=O)(=O)N[C@H](CCc1ccccc1)c1nc(CN(C(=O)OCc2ccccc2)C2CCCCC2)n[nH]1. The third kappa shape index (κ3) is 10.7. The molecule has 1 amide bonds. The van der Waals surface area contributed by atoms with E-state index in [-0.39, 0.29) is 31.0 Å². The predicted octanol–water partition coefficient (Wildman–Crippen LogP) is 5.60. The Bertz CT molecular complexity index is 1360. The monoisotopic (exact) mass is 624 g/mol. The second kappa shape index (κ2) is 17.3. The lowest BCUT2D eigenvalue weighted by Gasteiger charge is -2.32. The number of aryl methyl sites for hydroxylation is 1. The van der Waals surface area contributed by atoms with E-state index in [0.29, 0.717) is 30.9 Å². The average molecular weight is 625 g/mol. The number of nitrogens with zero attached hydrogens (tertiary/aromatic N) is 4. The Morgan fingerprint density at radius 3 is 2.32 bits per heavy atom. The number of hydrogen-bond acceptors (Lipinski definition) is 7. The molecule has 0 radical (unpaired) electrons. The van der Waals surface area contributed by atoms with Gasteiger partial charge in [-0.05, 0) is 62.9 Å². The van der Waals surface area contributed by atoms with Crippen molar-refractivity contribution in [3.05, 3.63) is 83.4 Å². The summed E-state index contributed by atoms with van der Waals surface area (Å²) in [5.41, 5.74) is 2.04. The summed E-state index contributed by atoms with van der Waals surface area (Å²) in [6.07, 6.45) is 6.44. The molecular formula is C33H48N6O4S. The minimum absolute atomic E-state index is 0.0368. The van der Waals surface area contributed by atoms with Gasteiger partial charge in [0, 0.05) is 6.04 Å². The molecule has 1 aliphatic rings. The largest absolute Gasteiger partial charge is 0.445 e. The van der Waals surface area contributed by atoms with Crippen molar-refractivity contribution in [2.24, 2.45) is 0 Å². The number of ether oxygens (including phenoxy) is 1. The summed E-state index contributed by atoms with van der Waals surface area (Å²) < 4.78 is 35.0. The molecule has 10 nitrogen and oxygen atoms in total. The molecule has 0 saturated heterocycles. The maximum atomic E-state index is 13.3. The highest BCUT2D eigenvalue weighted by atomic mass is 32.2. The molecule has 0 aliphatic heterocycles. The van der Waals surface area contributed by atoms with Crippen LogP contribution in [0.1, 0.15) is 87.6 Å². The molecule has 240 valence electrons. The summed E-state index contributed by atoms with van der Waals surface area (Å²) in [5, 5.41) is 7.43. The van der Waals surface area contributed by atoms with Crippen LogP contribution in [0.4, 0.5) is 4.79 Å². The van der Waals surface area contributed by atoms with Gasteiger partial charge in [-0.2, -0.15) is 5.10 Å². The predicted molar refractivity (Wildman–Crippen MR) is 172 cm³/mol. The van der Waals surface area contributed by atoms with E-state index in [1.54, 1.807) is 4.90 Å². The maximum absolute atomic E-state index is 13.3. The van der Waals surface area contributed by atoms with Crippen LogP contribution in [0.15, 0.2) is 60.7 Å². The van der Waals surface area contributed by atoms with Gasteiger partial charge in [0.2, 0.25) is 10.0 Å². The van der Waals surface area contributed by atoms with Crippen molar-refractivity contribution < 1.29 is 17.9 Å². The highest BCUT2D eigenvalue weighted by Gasteiger charge is 2.29. The summed E-state index contributed by atoms with van der Waals surface area (Å²) in [6, 6.07) is 19.1. The molecule has 1 aromatic heterocycles. The zero-order valence-corrected chi connectivity index (χ0v) is 27.0. The van der Waals surface area contributed by atoms with Crippen molar-refractivity contribution in [1.82, 2.24) is 29.7 Å². The number of amides is 1. The zero-order chi connectivity index (χ0) is 31.2. The van der Waals surface area contributed by atoms with Crippen LogP contribution < -0.4 is 4.72 Å². The molecule has 2 aromatic carbocycles. The summed E-state index contributed by atoms with van der Waals surface area (Å²) in [5.74, 6) is 0.923. The molecule has 4 rings (SSSR count). The van der Waals surface area contributed by atoms with Crippen molar-refractivity contribution in [2.75, 3.05) is 25.4 Å². The number of aromatic amines is 1. The van der Waals surface area contributed by atoms with Gasteiger partial charge in [-0.15, -0.1) is 0 Å². The lowest BCUT2D eigenvalue weighted by atomic mass is 9.94. The average Bonchev–Trinajstić information content (AvgIpc) is 3.53. The zero-order valence-electron chi connectivity index (χ0n) is 26.2. The van der Waals surface area contributed by atoms with Gasteiger partial charge in [0.25, 0.3) is 0 Å². The van der Waals surface area contributed by atoms with Gasteiger partial charge in [-0.3, -0.25) is 10.00 Å². The highest BCUT2D eigenvalue weighted by Crippen LogP contribution is 2.25. The number of H-pyrrole nitrogens is 1.